The van der Waals surface area contributed by atoms with Crippen molar-refractivity contribution >= 4 is 40.6 Å². The first-order chi connectivity index (χ1) is 16.4. The van der Waals surface area contributed by atoms with Crippen LogP contribution >= 0.6 is 23.1 Å². The van der Waals surface area contributed by atoms with Crippen molar-refractivity contribution in [1.82, 2.24) is 9.97 Å². The Balaban J connectivity index is 1.43. The molecule has 0 bridgehead atoms. The quantitative estimate of drug-likeness (QED) is 0.286. The van der Waals surface area contributed by atoms with Crippen molar-refractivity contribution in [1.29, 1.82) is 0 Å². The number of hydrogen-bond donors (Lipinski definition) is 0. The van der Waals surface area contributed by atoms with Crippen LogP contribution in [0.1, 0.15) is 62.7 Å². The summed E-state index contributed by atoms with van der Waals surface area (Å²) in [6.45, 7) is 1.97. The lowest BCUT2D eigenvalue weighted by atomic mass is 9.90. The number of benzene rings is 1. The molecule has 34 heavy (non-hydrogen) atoms. The number of thiazole rings is 1. The summed E-state index contributed by atoms with van der Waals surface area (Å²) in [5.74, 6) is -0.220. The highest BCUT2D eigenvalue weighted by Gasteiger charge is 2.26. The van der Waals surface area contributed by atoms with Gasteiger partial charge >= 0.3 is 5.97 Å². The van der Waals surface area contributed by atoms with Gasteiger partial charge in [-0.15, -0.1) is 11.3 Å². The van der Waals surface area contributed by atoms with E-state index in [1.165, 1.54) is 30.2 Å². The van der Waals surface area contributed by atoms with E-state index >= 15 is 0 Å². The molecule has 1 aromatic carbocycles. The van der Waals surface area contributed by atoms with E-state index in [1.807, 2.05) is 25.1 Å². The van der Waals surface area contributed by atoms with Gasteiger partial charge in [-0.2, -0.15) is 0 Å². The molecule has 176 valence electrons. The van der Waals surface area contributed by atoms with E-state index in [9.17, 15) is 14.4 Å². The van der Waals surface area contributed by atoms with Gasteiger partial charge in [-0.25, -0.2) is 14.8 Å². The number of hydrogen-bond acceptors (Lipinski definition) is 8. The minimum atomic E-state index is -0.496. The zero-order chi connectivity index (χ0) is 24.1. The number of aromatic nitrogens is 2. The monoisotopic (exact) mass is 494 g/mol. The zero-order valence-corrected chi connectivity index (χ0v) is 20.8. The van der Waals surface area contributed by atoms with Gasteiger partial charge in [-0.3, -0.25) is 9.59 Å². The molecule has 6 nitrogen and oxygen atoms in total. The molecular weight excluding hydrogens is 468 g/mol. The minimum absolute atomic E-state index is 0.0202. The molecule has 0 radical (unpaired) electrons. The highest BCUT2D eigenvalue weighted by Crippen LogP contribution is 2.34. The Morgan fingerprint density at radius 2 is 1.91 bits per heavy atom. The van der Waals surface area contributed by atoms with Gasteiger partial charge in [-0.1, -0.05) is 42.3 Å². The number of carbonyl (C=O) groups is 3. The summed E-state index contributed by atoms with van der Waals surface area (Å²) < 4.78 is 5.65. The van der Waals surface area contributed by atoms with Crippen LogP contribution in [-0.4, -0.2) is 34.6 Å². The van der Waals surface area contributed by atoms with E-state index in [-0.39, 0.29) is 36.0 Å². The largest absolute Gasteiger partial charge is 0.464 e. The fourth-order valence-electron chi connectivity index (χ4n) is 4.18. The molecule has 1 fully saturated rings. The van der Waals surface area contributed by atoms with Crippen molar-refractivity contribution in [3.05, 3.63) is 70.1 Å². The summed E-state index contributed by atoms with van der Waals surface area (Å²) >= 11 is 2.78. The molecule has 1 aliphatic rings. The number of pyridine rings is 1. The first kappa shape index (κ1) is 24.3. The Labute approximate surface area is 207 Å². The maximum atomic E-state index is 13.1. The molecule has 0 atom stereocenters. The Hall–Kier alpha value is -2.84. The van der Waals surface area contributed by atoms with Gasteiger partial charge in [0.1, 0.15) is 10.8 Å². The molecule has 4 rings (SSSR count). The zero-order valence-electron chi connectivity index (χ0n) is 19.2. The standard InChI is InChI=1S/C26H26N2O4S2/c1-16-9-10-18(20(12-16)25(30)17-6-3-4-7-17)13-19(29)14-22-28-15-23(34-22)33-21-8-5-11-27-24(21)26(31)32-2/h5,8-12,15,17H,3-4,6-7,13-14H2,1-2H3. The van der Waals surface area contributed by atoms with Gasteiger partial charge in [0.05, 0.1) is 23.9 Å². The maximum absolute atomic E-state index is 13.1. The third-order valence-corrected chi connectivity index (χ3v) is 8.03. The average Bonchev–Trinajstić information content (AvgIpc) is 3.52. The molecule has 0 amide bonds. The van der Waals surface area contributed by atoms with Crippen LogP contribution in [0.25, 0.3) is 0 Å². The van der Waals surface area contributed by atoms with Crippen LogP contribution in [0.2, 0.25) is 0 Å². The molecule has 0 N–H and O–H groups in total. The van der Waals surface area contributed by atoms with Crippen LogP contribution < -0.4 is 0 Å². The van der Waals surface area contributed by atoms with E-state index in [0.29, 0.717) is 15.5 Å². The summed E-state index contributed by atoms with van der Waals surface area (Å²) in [6.07, 6.45) is 7.74. The molecule has 1 aliphatic carbocycles. The predicted molar refractivity (Wildman–Crippen MR) is 132 cm³/mol. The third kappa shape index (κ3) is 5.80. The summed E-state index contributed by atoms with van der Waals surface area (Å²) in [7, 11) is 1.32. The van der Waals surface area contributed by atoms with Crippen molar-refractivity contribution in [2.24, 2.45) is 5.92 Å². The molecule has 0 saturated heterocycles. The number of ketones is 2. The highest BCUT2D eigenvalue weighted by molar-refractivity contribution is 8.01. The SMILES string of the molecule is COC(=O)c1ncccc1Sc1cnc(CC(=O)Cc2ccc(C)cc2C(=O)C2CCCC2)s1. The van der Waals surface area contributed by atoms with Crippen molar-refractivity contribution in [2.75, 3.05) is 7.11 Å². The number of aryl methyl sites for hydroxylation is 1. The third-order valence-electron chi connectivity index (χ3n) is 5.89. The van der Waals surface area contributed by atoms with E-state index in [0.717, 1.165) is 41.0 Å². The first-order valence-electron chi connectivity index (χ1n) is 11.3. The van der Waals surface area contributed by atoms with Gasteiger partial charge in [0.15, 0.2) is 11.5 Å². The molecular formula is C26H26N2O4S2. The topological polar surface area (TPSA) is 86.2 Å². The Morgan fingerprint density at radius 3 is 2.68 bits per heavy atom. The van der Waals surface area contributed by atoms with Crippen molar-refractivity contribution in [3.8, 4) is 0 Å². The second-order valence-electron chi connectivity index (χ2n) is 8.42. The van der Waals surface area contributed by atoms with Crippen LogP contribution in [0.4, 0.5) is 0 Å². The molecule has 8 heteroatoms. The Morgan fingerprint density at radius 1 is 1.12 bits per heavy atom. The first-order valence-corrected chi connectivity index (χ1v) is 12.9. The number of rotatable bonds is 9. The molecule has 2 aromatic heterocycles. The van der Waals surface area contributed by atoms with E-state index < -0.39 is 5.97 Å². The molecule has 2 heterocycles. The van der Waals surface area contributed by atoms with Crippen LogP contribution in [0.15, 0.2) is 51.8 Å². The van der Waals surface area contributed by atoms with Gasteiger partial charge in [0.25, 0.3) is 0 Å². The van der Waals surface area contributed by atoms with Crippen LogP contribution in [0.5, 0.6) is 0 Å². The Kier molecular flexibility index (Phi) is 7.90. The van der Waals surface area contributed by atoms with Gasteiger partial charge in [-0.05, 0) is 43.5 Å². The summed E-state index contributed by atoms with van der Waals surface area (Å²) in [4.78, 5) is 47.1. The minimum Gasteiger partial charge on any atom is -0.464 e. The smallest absolute Gasteiger partial charge is 0.357 e. The normalized spacial score (nSPS) is 13.7. The van der Waals surface area contributed by atoms with Crippen molar-refractivity contribution in [2.45, 2.75) is 54.6 Å². The van der Waals surface area contributed by atoms with Crippen molar-refractivity contribution in [3.63, 3.8) is 0 Å². The fourth-order valence-corrected chi connectivity index (χ4v) is 6.28. The lowest BCUT2D eigenvalue weighted by Crippen LogP contribution is -2.16. The summed E-state index contributed by atoms with van der Waals surface area (Å²) in [5, 5.41) is 0.701. The number of nitrogens with zero attached hydrogens (tertiary/aromatic N) is 2. The molecule has 0 spiro atoms. The number of Topliss-reactive ketones (excluding diaryl/α,β-unsaturated/α-hetero) is 2. The van der Waals surface area contributed by atoms with Crippen LogP contribution in [-0.2, 0) is 22.4 Å². The predicted octanol–water partition coefficient (Wildman–Crippen LogP) is 5.51. The number of methoxy groups -OCH3 is 1. The molecule has 3 aromatic rings. The molecule has 1 saturated carbocycles. The second kappa shape index (κ2) is 11.1. The van der Waals surface area contributed by atoms with E-state index in [2.05, 4.69) is 9.97 Å². The van der Waals surface area contributed by atoms with Crippen LogP contribution in [0, 0.1) is 12.8 Å². The van der Waals surface area contributed by atoms with E-state index in [4.69, 9.17) is 4.74 Å². The molecule has 0 aliphatic heterocycles. The highest BCUT2D eigenvalue weighted by atomic mass is 32.2. The Bertz CT molecular complexity index is 1220. The number of carbonyl (C=O) groups excluding carboxylic acids is 3. The summed E-state index contributed by atoms with van der Waals surface area (Å²) in [6, 6.07) is 9.35. The van der Waals surface area contributed by atoms with Gasteiger partial charge < -0.3 is 4.74 Å². The second-order valence-corrected chi connectivity index (χ2v) is 10.9. The number of esters is 1. The average molecular weight is 495 g/mol. The molecule has 0 unspecified atom stereocenters. The van der Waals surface area contributed by atoms with Gasteiger partial charge in [0.2, 0.25) is 0 Å². The lowest BCUT2D eigenvalue weighted by molar-refractivity contribution is -0.117. The summed E-state index contributed by atoms with van der Waals surface area (Å²) in [5.41, 5.74) is 2.78. The lowest BCUT2D eigenvalue weighted by Gasteiger charge is -2.13. The van der Waals surface area contributed by atoms with E-state index in [1.54, 1.807) is 24.5 Å². The van der Waals surface area contributed by atoms with Gasteiger partial charge in [0, 0.05) is 29.0 Å². The fraction of sp³-hybridized carbons (Fsp3) is 0.346. The van der Waals surface area contributed by atoms with Crippen LogP contribution in [0.3, 0.4) is 0 Å². The maximum Gasteiger partial charge on any atom is 0.357 e. The number of ether oxygens (including phenoxy) is 1. The van der Waals surface area contributed by atoms with Crippen molar-refractivity contribution < 1.29 is 19.1 Å².